The van der Waals surface area contributed by atoms with E-state index in [4.69, 9.17) is 4.98 Å². The summed E-state index contributed by atoms with van der Waals surface area (Å²) in [6, 6.07) is 10.1. The molecule has 6 rings (SSSR count). The third-order valence-electron chi connectivity index (χ3n) is 8.12. The van der Waals surface area contributed by atoms with E-state index in [1.165, 1.54) is 38.5 Å². The SMILES string of the molecule is CSCC[CH]NCCCNc1ccc2c(NC(=O)CC34CC5CC(CC(C5)C3)C4)cccc2n1. The van der Waals surface area contributed by atoms with E-state index < -0.39 is 0 Å². The van der Waals surface area contributed by atoms with Gasteiger partial charge in [0, 0.05) is 24.9 Å². The van der Waals surface area contributed by atoms with E-state index in [0.29, 0.717) is 6.42 Å². The van der Waals surface area contributed by atoms with E-state index in [1.807, 2.05) is 36.0 Å². The first-order chi connectivity index (χ1) is 16.6. The number of hydrogen-bond acceptors (Lipinski definition) is 5. The van der Waals surface area contributed by atoms with Crippen LogP contribution >= 0.6 is 11.8 Å². The predicted molar refractivity (Wildman–Crippen MR) is 144 cm³/mol. The van der Waals surface area contributed by atoms with Crippen molar-refractivity contribution in [2.45, 2.75) is 57.8 Å². The molecule has 1 heterocycles. The predicted octanol–water partition coefficient (Wildman–Crippen LogP) is 6.09. The number of thioether (sulfide) groups is 1. The second kappa shape index (κ2) is 10.9. The van der Waals surface area contributed by atoms with Crippen molar-refractivity contribution >= 4 is 40.1 Å². The van der Waals surface area contributed by atoms with E-state index in [-0.39, 0.29) is 11.3 Å². The Hall–Kier alpha value is -1.79. The number of rotatable bonds is 12. The van der Waals surface area contributed by atoms with Crippen LogP contribution in [0.15, 0.2) is 30.3 Å². The maximum atomic E-state index is 13.1. The lowest BCUT2D eigenvalue weighted by Gasteiger charge is -2.56. The largest absolute Gasteiger partial charge is 0.370 e. The van der Waals surface area contributed by atoms with Gasteiger partial charge in [-0.25, -0.2) is 4.98 Å². The average Bonchev–Trinajstić information content (AvgIpc) is 2.79. The number of amides is 1. The van der Waals surface area contributed by atoms with Crippen molar-refractivity contribution < 1.29 is 4.79 Å². The zero-order valence-corrected chi connectivity index (χ0v) is 21.3. The molecule has 183 valence electrons. The molecule has 4 bridgehead atoms. The quantitative estimate of drug-likeness (QED) is 0.322. The molecule has 34 heavy (non-hydrogen) atoms. The minimum atomic E-state index is 0.179. The van der Waals surface area contributed by atoms with Crippen molar-refractivity contribution in [2.75, 3.05) is 35.7 Å². The average molecular weight is 480 g/mol. The standard InChI is InChI=1S/C28H39N4OS/c1-34-12-4-10-29-9-3-11-30-26-8-7-23-24(31-26)5-2-6-25(23)32-27(33)19-28-16-20-13-21(17-28)15-22(14-20)18-28/h2,5-8,10,20-22,29H,3-4,9,11-19H2,1H3,(H,30,31)(H,32,33). The summed E-state index contributed by atoms with van der Waals surface area (Å²) in [5.41, 5.74) is 2.07. The van der Waals surface area contributed by atoms with Gasteiger partial charge in [-0.3, -0.25) is 4.79 Å². The van der Waals surface area contributed by atoms with Gasteiger partial charge in [0.15, 0.2) is 0 Å². The van der Waals surface area contributed by atoms with Crippen LogP contribution < -0.4 is 16.0 Å². The van der Waals surface area contributed by atoms with Crippen LogP contribution in [0.4, 0.5) is 11.5 Å². The van der Waals surface area contributed by atoms with Gasteiger partial charge in [-0.2, -0.15) is 11.8 Å². The zero-order chi connectivity index (χ0) is 23.4. The number of nitrogens with zero attached hydrogens (tertiary/aromatic N) is 1. The summed E-state index contributed by atoms with van der Waals surface area (Å²) in [7, 11) is 0. The number of pyridine rings is 1. The summed E-state index contributed by atoms with van der Waals surface area (Å²) in [4.78, 5) is 17.9. The van der Waals surface area contributed by atoms with Crippen LogP contribution in [0.3, 0.4) is 0 Å². The highest BCUT2D eigenvalue weighted by Crippen LogP contribution is 2.61. The fraction of sp³-hybridized carbons (Fsp3) is 0.607. The monoisotopic (exact) mass is 479 g/mol. The Morgan fingerprint density at radius 3 is 2.59 bits per heavy atom. The van der Waals surface area contributed by atoms with Gasteiger partial charge in [-0.05, 0) is 117 Å². The maximum Gasteiger partial charge on any atom is 0.224 e. The zero-order valence-electron chi connectivity index (χ0n) is 20.4. The van der Waals surface area contributed by atoms with Gasteiger partial charge >= 0.3 is 0 Å². The lowest BCUT2D eigenvalue weighted by molar-refractivity contribution is -0.124. The molecular formula is C28H39N4OS. The molecule has 4 fully saturated rings. The second-order valence-electron chi connectivity index (χ2n) is 10.9. The number of nitrogens with one attached hydrogen (secondary N) is 3. The van der Waals surface area contributed by atoms with Crippen LogP contribution in [-0.2, 0) is 4.79 Å². The molecule has 0 saturated heterocycles. The van der Waals surface area contributed by atoms with Crippen molar-refractivity contribution in [3.05, 3.63) is 36.9 Å². The molecule has 4 aliphatic rings. The fourth-order valence-electron chi connectivity index (χ4n) is 7.19. The van der Waals surface area contributed by atoms with E-state index in [2.05, 4.69) is 34.8 Å². The van der Waals surface area contributed by atoms with Crippen molar-refractivity contribution in [2.24, 2.45) is 23.2 Å². The molecule has 1 aromatic heterocycles. The molecule has 1 amide bonds. The lowest BCUT2D eigenvalue weighted by Crippen LogP contribution is -2.47. The Labute approximate surface area is 208 Å². The van der Waals surface area contributed by atoms with E-state index in [1.54, 1.807) is 0 Å². The van der Waals surface area contributed by atoms with Gasteiger partial charge < -0.3 is 16.0 Å². The highest BCUT2D eigenvalue weighted by molar-refractivity contribution is 7.98. The van der Waals surface area contributed by atoms with Gasteiger partial charge in [-0.15, -0.1) is 0 Å². The van der Waals surface area contributed by atoms with Gasteiger partial charge in [0.1, 0.15) is 5.82 Å². The first-order valence-electron chi connectivity index (χ1n) is 13.1. The van der Waals surface area contributed by atoms with Crippen molar-refractivity contribution in [1.82, 2.24) is 10.3 Å². The number of aromatic nitrogens is 1. The molecular weight excluding hydrogens is 440 g/mol. The highest BCUT2D eigenvalue weighted by Gasteiger charge is 2.51. The van der Waals surface area contributed by atoms with E-state index in [9.17, 15) is 4.79 Å². The summed E-state index contributed by atoms with van der Waals surface area (Å²) >= 11 is 1.87. The van der Waals surface area contributed by atoms with Crippen molar-refractivity contribution in [3.8, 4) is 0 Å². The van der Waals surface area contributed by atoms with Gasteiger partial charge in [0.25, 0.3) is 0 Å². The molecule has 0 atom stereocenters. The number of benzene rings is 1. The number of hydrogen-bond donors (Lipinski definition) is 3. The molecule has 0 aliphatic heterocycles. The van der Waals surface area contributed by atoms with E-state index in [0.717, 1.165) is 71.8 Å². The normalized spacial score (nSPS) is 27.3. The topological polar surface area (TPSA) is 66.0 Å². The molecule has 0 unspecified atom stereocenters. The number of fused-ring (bicyclic) bond motifs is 1. The van der Waals surface area contributed by atoms with Gasteiger partial charge in [-0.1, -0.05) is 6.07 Å². The van der Waals surface area contributed by atoms with Gasteiger partial charge in [0.05, 0.1) is 11.2 Å². The number of anilines is 2. The smallest absolute Gasteiger partial charge is 0.224 e. The number of carbonyl (C=O) groups excluding carboxylic acids is 1. The van der Waals surface area contributed by atoms with Crippen molar-refractivity contribution in [3.63, 3.8) is 0 Å². The van der Waals surface area contributed by atoms with Crippen LogP contribution in [0.2, 0.25) is 0 Å². The minimum absolute atomic E-state index is 0.179. The van der Waals surface area contributed by atoms with E-state index >= 15 is 0 Å². The Morgan fingerprint density at radius 2 is 1.85 bits per heavy atom. The molecule has 2 aromatic rings. The summed E-state index contributed by atoms with van der Waals surface area (Å²) in [5.74, 6) is 4.86. The summed E-state index contributed by atoms with van der Waals surface area (Å²) in [6.07, 6.45) is 13.0. The first kappa shape index (κ1) is 23.9. The Morgan fingerprint density at radius 1 is 1.09 bits per heavy atom. The Kier molecular flexibility index (Phi) is 7.64. The molecule has 0 spiro atoms. The highest BCUT2D eigenvalue weighted by atomic mass is 32.2. The lowest BCUT2D eigenvalue weighted by atomic mass is 9.49. The number of carbonyl (C=O) groups is 1. The first-order valence-corrected chi connectivity index (χ1v) is 14.5. The van der Waals surface area contributed by atoms with Crippen LogP contribution in [0, 0.1) is 29.7 Å². The maximum absolute atomic E-state index is 13.1. The third kappa shape index (κ3) is 5.71. The second-order valence-corrected chi connectivity index (χ2v) is 11.9. The van der Waals surface area contributed by atoms with Crippen molar-refractivity contribution in [1.29, 1.82) is 0 Å². The van der Waals surface area contributed by atoms with Crippen LogP contribution in [0.1, 0.15) is 57.8 Å². The molecule has 3 N–H and O–H groups in total. The fourth-order valence-corrected chi connectivity index (χ4v) is 7.55. The van der Waals surface area contributed by atoms with Crippen LogP contribution in [0.5, 0.6) is 0 Å². The Bertz CT molecular complexity index is 958. The third-order valence-corrected chi connectivity index (χ3v) is 8.77. The Balaban J connectivity index is 1.14. The molecule has 1 radical (unpaired) electrons. The molecule has 4 aliphatic carbocycles. The minimum Gasteiger partial charge on any atom is -0.370 e. The summed E-state index contributed by atoms with van der Waals surface area (Å²) in [5, 5.41) is 11.1. The molecule has 6 heteroatoms. The molecule has 5 nitrogen and oxygen atoms in total. The van der Waals surface area contributed by atoms with Crippen LogP contribution in [-0.4, -0.2) is 36.0 Å². The summed E-state index contributed by atoms with van der Waals surface area (Å²) < 4.78 is 0. The summed E-state index contributed by atoms with van der Waals surface area (Å²) in [6.45, 7) is 4.00. The molecule has 1 aromatic carbocycles. The van der Waals surface area contributed by atoms with Gasteiger partial charge in [0.2, 0.25) is 5.91 Å². The van der Waals surface area contributed by atoms with Crippen LogP contribution in [0.25, 0.3) is 10.9 Å². The molecule has 4 saturated carbocycles.